The van der Waals surface area contributed by atoms with Crippen molar-refractivity contribution in [3.63, 3.8) is 0 Å². The molecule has 5 heteroatoms. The average molecular weight is 300 g/mol. The van der Waals surface area contributed by atoms with E-state index in [-0.39, 0.29) is 12.5 Å². The Balaban J connectivity index is 2.26. The van der Waals surface area contributed by atoms with Gasteiger partial charge in [-0.25, -0.2) is 0 Å². The number of ether oxygens (including phenoxy) is 1. The van der Waals surface area contributed by atoms with Gasteiger partial charge in [-0.2, -0.15) is 0 Å². The van der Waals surface area contributed by atoms with Gasteiger partial charge in [0, 0.05) is 16.7 Å². The molecule has 1 saturated heterocycles. The van der Waals surface area contributed by atoms with Crippen LogP contribution in [0.2, 0.25) is 0 Å². The highest BCUT2D eigenvalue weighted by molar-refractivity contribution is 9.10. The summed E-state index contributed by atoms with van der Waals surface area (Å²) in [4.78, 5) is 13.6. The van der Waals surface area contributed by atoms with Gasteiger partial charge in [0.05, 0.1) is 13.2 Å². The normalized spacial score (nSPS) is 20.8. The van der Waals surface area contributed by atoms with Crippen molar-refractivity contribution in [1.29, 1.82) is 0 Å². The SMILES string of the molecule is Cc1ccc(N2CCOC(CO)C2=O)cc1Br. The number of carbonyl (C=O) groups excluding carboxylic acids is 1. The summed E-state index contributed by atoms with van der Waals surface area (Å²) in [6, 6.07) is 5.76. The molecule has 1 aliphatic rings. The van der Waals surface area contributed by atoms with Gasteiger partial charge in [0.15, 0.2) is 6.10 Å². The van der Waals surface area contributed by atoms with Crippen LogP contribution in [0.15, 0.2) is 22.7 Å². The molecule has 1 aromatic rings. The van der Waals surface area contributed by atoms with Gasteiger partial charge in [-0.15, -0.1) is 0 Å². The van der Waals surface area contributed by atoms with Crippen molar-refractivity contribution in [2.24, 2.45) is 0 Å². The van der Waals surface area contributed by atoms with E-state index in [0.717, 1.165) is 15.7 Å². The zero-order valence-electron chi connectivity index (χ0n) is 9.52. The molecule has 92 valence electrons. The summed E-state index contributed by atoms with van der Waals surface area (Å²) >= 11 is 3.45. The number of amides is 1. The van der Waals surface area contributed by atoms with Gasteiger partial charge in [-0.1, -0.05) is 22.0 Å². The third kappa shape index (κ3) is 2.51. The second kappa shape index (κ2) is 5.16. The second-order valence-electron chi connectivity index (χ2n) is 3.97. The summed E-state index contributed by atoms with van der Waals surface area (Å²) in [5, 5.41) is 9.04. The average Bonchev–Trinajstić information content (AvgIpc) is 2.33. The number of carbonyl (C=O) groups is 1. The number of hydrogen-bond acceptors (Lipinski definition) is 3. The van der Waals surface area contributed by atoms with Gasteiger partial charge in [-0.3, -0.25) is 4.79 Å². The van der Waals surface area contributed by atoms with Crippen molar-refractivity contribution in [3.8, 4) is 0 Å². The molecule has 2 rings (SSSR count). The number of nitrogens with zero attached hydrogens (tertiary/aromatic N) is 1. The van der Waals surface area contributed by atoms with Gasteiger partial charge < -0.3 is 14.7 Å². The summed E-state index contributed by atoms with van der Waals surface area (Å²) in [6.07, 6.45) is -0.733. The number of hydrogen-bond donors (Lipinski definition) is 1. The van der Waals surface area contributed by atoms with Gasteiger partial charge in [-0.05, 0) is 24.6 Å². The smallest absolute Gasteiger partial charge is 0.258 e. The van der Waals surface area contributed by atoms with E-state index in [2.05, 4.69) is 15.9 Å². The standard InChI is InChI=1S/C12H14BrNO3/c1-8-2-3-9(6-10(8)13)14-4-5-17-11(7-15)12(14)16/h2-3,6,11,15H,4-5,7H2,1H3. The molecule has 1 atom stereocenters. The minimum Gasteiger partial charge on any atom is -0.393 e. The lowest BCUT2D eigenvalue weighted by Gasteiger charge is -2.31. The van der Waals surface area contributed by atoms with Crippen LogP contribution >= 0.6 is 15.9 Å². The molecule has 1 amide bonds. The Hall–Kier alpha value is -0.910. The van der Waals surface area contributed by atoms with E-state index in [1.807, 2.05) is 25.1 Å². The van der Waals surface area contributed by atoms with E-state index >= 15 is 0 Å². The molecule has 0 saturated carbocycles. The predicted molar refractivity (Wildman–Crippen MR) is 68.1 cm³/mol. The minimum absolute atomic E-state index is 0.186. The highest BCUT2D eigenvalue weighted by atomic mass is 79.9. The van der Waals surface area contributed by atoms with Crippen molar-refractivity contribution in [1.82, 2.24) is 0 Å². The number of rotatable bonds is 2. The molecule has 0 aromatic heterocycles. The van der Waals surface area contributed by atoms with Crippen LogP contribution in [0, 0.1) is 6.92 Å². The summed E-state index contributed by atoms with van der Waals surface area (Å²) in [5.41, 5.74) is 1.95. The Kier molecular flexibility index (Phi) is 3.81. The van der Waals surface area contributed by atoms with E-state index in [1.165, 1.54) is 0 Å². The molecular formula is C12H14BrNO3. The highest BCUT2D eigenvalue weighted by Gasteiger charge is 2.29. The lowest BCUT2D eigenvalue weighted by atomic mass is 10.2. The Morgan fingerprint density at radius 3 is 3.00 bits per heavy atom. The van der Waals surface area contributed by atoms with Crippen LogP contribution in [0.1, 0.15) is 5.56 Å². The Morgan fingerprint density at radius 1 is 1.59 bits per heavy atom. The predicted octanol–water partition coefficient (Wildman–Crippen LogP) is 1.48. The Morgan fingerprint density at radius 2 is 2.35 bits per heavy atom. The van der Waals surface area contributed by atoms with E-state index in [1.54, 1.807) is 4.90 Å². The largest absolute Gasteiger partial charge is 0.393 e. The van der Waals surface area contributed by atoms with Crippen molar-refractivity contribution in [2.75, 3.05) is 24.7 Å². The van der Waals surface area contributed by atoms with Crippen LogP contribution in [0.5, 0.6) is 0 Å². The van der Waals surface area contributed by atoms with Crippen molar-refractivity contribution in [3.05, 3.63) is 28.2 Å². The van der Waals surface area contributed by atoms with Gasteiger partial charge in [0.25, 0.3) is 5.91 Å². The highest BCUT2D eigenvalue weighted by Crippen LogP contribution is 2.25. The van der Waals surface area contributed by atoms with Gasteiger partial charge in [0.1, 0.15) is 0 Å². The third-order valence-corrected chi connectivity index (χ3v) is 3.66. The topological polar surface area (TPSA) is 49.8 Å². The molecule has 1 heterocycles. The zero-order chi connectivity index (χ0) is 12.4. The quantitative estimate of drug-likeness (QED) is 0.900. The lowest BCUT2D eigenvalue weighted by molar-refractivity contribution is -0.136. The van der Waals surface area contributed by atoms with Crippen LogP contribution in [-0.2, 0) is 9.53 Å². The number of aryl methyl sites for hydroxylation is 1. The fourth-order valence-electron chi connectivity index (χ4n) is 1.78. The van der Waals surface area contributed by atoms with Crippen molar-refractivity contribution < 1.29 is 14.6 Å². The number of aliphatic hydroxyl groups excluding tert-OH is 1. The fourth-order valence-corrected chi connectivity index (χ4v) is 2.15. The number of anilines is 1. The fraction of sp³-hybridized carbons (Fsp3) is 0.417. The third-order valence-electron chi connectivity index (χ3n) is 2.81. The number of benzene rings is 1. The Labute approximate surface area is 108 Å². The molecule has 17 heavy (non-hydrogen) atoms. The minimum atomic E-state index is -0.733. The first-order valence-electron chi connectivity index (χ1n) is 5.43. The molecule has 1 N–H and O–H groups in total. The maximum Gasteiger partial charge on any atom is 0.258 e. The van der Waals surface area contributed by atoms with Gasteiger partial charge in [0.2, 0.25) is 0 Å². The van der Waals surface area contributed by atoms with E-state index in [9.17, 15) is 4.79 Å². The second-order valence-corrected chi connectivity index (χ2v) is 4.82. The number of halogens is 1. The molecule has 0 spiro atoms. The Bertz CT molecular complexity index is 436. The molecule has 4 nitrogen and oxygen atoms in total. The van der Waals surface area contributed by atoms with Crippen LogP contribution in [0.4, 0.5) is 5.69 Å². The zero-order valence-corrected chi connectivity index (χ0v) is 11.1. The van der Waals surface area contributed by atoms with E-state index in [4.69, 9.17) is 9.84 Å². The summed E-state index contributed by atoms with van der Waals surface area (Å²) < 4.78 is 6.16. The molecular weight excluding hydrogens is 286 g/mol. The summed E-state index contributed by atoms with van der Waals surface area (Å²) in [5.74, 6) is -0.186. The van der Waals surface area contributed by atoms with Crippen LogP contribution in [-0.4, -0.2) is 36.9 Å². The van der Waals surface area contributed by atoms with Crippen LogP contribution in [0.25, 0.3) is 0 Å². The number of morpholine rings is 1. The molecule has 0 radical (unpaired) electrons. The van der Waals surface area contributed by atoms with E-state index < -0.39 is 6.10 Å². The molecule has 0 bridgehead atoms. The maximum absolute atomic E-state index is 12.0. The van der Waals surface area contributed by atoms with Crippen molar-refractivity contribution in [2.45, 2.75) is 13.0 Å². The first-order chi connectivity index (χ1) is 8.13. The lowest BCUT2D eigenvalue weighted by Crippen LogP contribution is -2.49. The molecule has 0 aliphatic carbocycles. The van der Waals surface area contributed by atoms with Gasteiger partial charge >= 0.3 is 0 Å². The molecule has 1 fully saturated rings. The number of aliphatic hydroxyl groups is 1. The van der Waals surface area contributed by atoms with Crippen LogP contribution in [0.3, 0.4) is 0 Å². The maximum atomic E-state index is 12.0. The summed E-state index contributed by atoms with van der Waals surface area (Å²) in [6.45, 7) is 2.68. The van der Waals surface area contributed by atoms with E-state index in [0.29, 0.717) is 13.2 Å². The molecule has 1 unspecified atom stereocenters. The summed E-state index contributed by atoms with van der Waals surface area (Å²) in [7, 11) is 0. The first-order valence-corrected chi connectivity index (χ1v) is 6.23. The molecule has 1 aliphatic heterocycles. The van der Waals surface area contributed by atoms with Crippen LogP contribution < -0.4 is 4.90 Å². The molecule has 1 aromatic carbocycles. The first kappa shape index (κ1) is 12.5. The monoisotopic (exact) mass is 299 g/mol. The van der Waals surface area contributed by atoms with Crippen molar-refractivity contribution >= 4 is 27.5 Å².